The van der Waals surface area contributed by atoms with E-state index in [1.807, 2.05) is 42.5 Å². The van der Waals surface area contributed by atoms with Gasteiger partial charge in [-0.3, -0.25) is 9.59 Å². The van der Waals surface area contributed by atoms with Crippen LogP contribution in [0.3, 0.4) is 0 Å². The van der Waals surface area contributed by atoms with Gasteiger partial charge >= 0.3 is 0 Å². The molecule has 4 rings (SSSR count). The van der Waals surface area contributed by atoms with E-state index in [9.17, 15) is 9.59 Å². The standard InChI is InChI=1S/C22H20N2O2S/c23-21(26)20-17-10-3-4-11-18(17)27-22(20)24-19(25)13-12-15-8-5-7-14-6-1-2-9-16(14)15/h1-2,5-9,12-13H,3-4,10-11H2,(H2,23,26)(H,24,25)/b13-12+. The zero-order chi connectivity index (χ0) is 18.8. The number of thiophene rings is 1. The van der Waals surface area contributed by atoms with Gasteiger partial charge in [0.15, 0.2) is 0 Å². The summed E-state index contributed by atoms with van der Waals surface area (Å²) >= 11 is 1.48. The third-order valence-corrected chi connectivity index (χ3v) is 6.10. The lowest BCUT2D eigenvalue weighted by atomic mass is 9.95. The Kier molecular flexibility index (Phi) is 4.77. The molecule has 136 valence electrons. The van der Waals surface area contributed by atoms with Gasteiger partial charge in [0.1, 0.15) is 5.00 Å². The summed E-state index contributed by atoms with van der Waals surface area (Å²) in [5.41, 5.74) is 8.07. The molecule has 1 aliphatic rings. The first-order valence-electron chi connectivity index (χ1n) is 9.04. The first-order chi connectivity index (χ1) is 13.1. The fraction of sp³-hybridized carbons (Fsp3) is 0.182. The number of fused-ring (bicyclic) bond motifs is 2. The number of hydrogen-bond acceptors (Lipinski definition) is 3. The van der Waals surface area contributed by atoms with E-state index >= 15 is 0 Å². The van der Waals surface area contributed by atoms with Gasteiger partial charge < -0.3 is 11.1 Å². The van der Waals surface area contributed by atoms with Crippen molar-refractivity contribution in [3.05, 3.63) is 70.1 Å². The van der Waals surface area contributed by atoms with Crippen LogP contribution in [-0.4, -0.2) is 11.8 Å². The number of anilines is 1. The first-order valence-corrected chi connectivity index (χ1v) is 9.86. The molecule has 0 saturated heterocycles. The zero-order valence-corrected chi connectivity index (χ0v) is 15.6. The molecule has 1 aliphatic carbocycles. The maximum absolute atomic E-state index is 12.5. The number of rotatable bonds is 4. The average Bonchev–Trinajstić information content (AvgIpc) is 3.04. The Labute approximate surface area is 161 Å². The van der Waals surface area contributed by atoms with E-state index in [2.05, 4.69) is 5.32 Å². The summed E-state index contributed by atoms with van der Waals surface area (Å²) in [7, 11) is 0. The van der Waals surface area contributed by atoms with E-state index in [1.165, 1.54) is 22.3 Å². The van der Waals surface area contributed by atoms with Crippen molar-refractivity contribution in [1.29, 1.82) is 0 Å². The third-order valence-electron chi connectivity index (χ3n) is 4.89. The molecule has 0 bridgehead atoms. The SMILES string of the molecule is NC(=O)c1c(NC(=O)/C=C/c2cccc3ccccc23)sc2c1CCCC2. The van der Waals surface area contributed by atoms with Crippen LogP contribution >= 0.6 is 11.3 Å². The Morgan fingerprint density at radius 1 is 1.04 bits per heavy atom. The minimum atomic E-state index is -0.470. The second kappa shape index (κ2) is 7.37. The first kappa shape index (κ1) is 17.5. The lowest BCUT2D eigenvalue weighted by Crippen LogP contribution is -2.17. The van der Waals surface area contributed by atoms with Crippen LogP contribution in [0.25, 0.3) is 16.8 Å². The molecule has 0 atom stereocenters. The van der Waals surface area contributed by atoms with Crippen molar-refractivity contribution in [2.45, 2.75) is 25.7 Å². The monoisotopic (exact) mass is 376 g/mol. The second-order valence-electron chi connectivity index (χ2n) is 6.67. The van der Waals surface area contributed by atoms with Crippen molar-refractivity contribution in [2.75, 3.05) is 5.32 Å². The van der Waals surface area contributed by atoms with Crippen LogP contribution in [0.5, 0.6) is 0 Å². The van der Waals surface area contributed by atoms with Gasteiger partial charge in [0.05, 0.1) is 5.56 Å². The molecule has 0 fully saturated rings. The van der Waals surface area contributed by atoms with E-state index < -0.39 is 5.91 Å². The number of hydrogen-bond donors (Lipinski definition) is 2. The molecule has 0 saturated carbocycles. The Hall–Kier alpha value is -2.92. The third kappa shape index (κ3) is 3.51. The summed E-state index contributed by atoms with van der Waals surface area (Å²) in [4.78, 5) is 25.6. The van der Waals surface area contributed by atoms with Gasteiger partial charge in [-0.25, -0.2) is 0 Å². The molecule has 1 aromatic heterocycles. The van der Waals surface area contributed by atoms with E-state index in [4.69, 9.17) is 5.73 Å². The Balaban J connectivity index is 1.59. The lowest BCUT2D eigenvalue weighted by molar-refractivity contribution is -0.111. The topological polar surface area (TPSA) is 72.2 Å². The molecule has 0 aliphatic heterocycles. The number of primary amides is 1. The summed E-state index contributed by atoms with van der Waals surface area (Å²) in [6.07, 6.45) is 7.27. The number of aryl methyl sites for hydroxylation is 1. The van der Waals surface area contributed by atoms with Crippen LogP contribution in [0.4, 0.5) is 5.00 Å². The molecule has 4 nitrogen and oxygen atoms in total. The quantitative estimate of drug-likeness (QED) is 0.657. The highest BCUT2D eigenvalue weighted by Gasteiger charge is 2.24. The van der Waals surface area contributed by atoms with Crippen molar-refractivity contribution in [1.82, 2.24) is 0 Å². The molecule has 3 aromatic rings. The van der Waals surface area contributed by atoms with Crippen LogP contribution in [0.2, 0.25) is 0 Å². The number of amides is 2. The van der Waals surface area contributed by atoms with Crippen LogP contribution in [0, 0.1) is 0 Å². The predicted molar refractivity (Wildman–Crippen MR) is 111 cm³/mol. The Morgan fingerprint density at radius 3 is 2.67 bits per heavy atom. The minimum absolute atomic E-state index is 0.260. The normalized spacial score (nSPS) is 13.6. The van der Waals surface area contributed by atoms with Gasteiger partial charge in [0.25, 0.3) is 5.91 Å². The molecule has 5 heteroatoms. The summed E-state index contributed by atoms with van der Waals surface area (Å²) in [6.45, 7) is 0. The van der Waals surface area contributed by atoms with E-state index in [-0.39, 0.29) is 5.91 Å². The fourth-order valence-corrected chi connectivity index (χ4v) is 4.93. The maximum Gasteiger partial charge on any atom is 0.251 e. The summed E-state index contributed by atoms with van der Waals surface area (Å²) in [5, 5.41) is 5.65. The van der Waals surface area contributed by atoms with E-state index in [0.717, 1.165) is 47.6 Å². The molecular weight excluding hydrogens is 356 g/mol. The molecule has 2 aromatic carbocycles. The molecule has 0 spiro atoms. The highest BCUT2D eigenvalue weighted by Crippen LogP contribution is 2.37. The predicted octanol–water partition coefficient (Wildman–Crippen LogP) is 4.53. The molecule has 0 radical (unpaired) electrons. The van der Waals surface area contributed by atoms with Crippen LogP contribution in [-0.2, 0) is 17.6 Å². The minimum Gasteiger partial charge on any atom is -0.365 e. The molecule has 2 amide bonds. The highest BCUT2D eigenvalue weighted by molar-refractivity contribution is 7.17. The largest absolute Gasteiger partial charge is 0.365 e. The Bertz CT molecular complexity index is 1060. The van der Waals surface area contributed by atoms with Crippen LogP contribution in [0.15, 0.2) is 48.5 Å². The van der Waals surface area contributed by atoms with Crippen LogP contribution < -0.4 is 11.1 Å². The molecule has 3 N–H and O–H groups in total. The summed E-state index contributed by atoms with van der Waals surface area (Å²) in [5.74, 6) is -0.730. The number of benzene rings is 2. The van der Waals surface area contributed by atoms with E-state index in [1.54, 1.807) is 6.08 Å². The van der Waals surface area contributed by atoms with Gasteiger partial charge in [0.2, 0.25) is 5.91 Å². The van der Waals surface area contributed by atoms with Gasteiger partial charge in [-0.1, -0.05) is 42.5 Å². The van der Waals surface area contributed by atoms with Crippen molar-refractivity contribution >= 4 is 45.0 Å². The maximum atomic E-state index is 12.5. The van der Waals surface area contributed by atoms with Gasteiger partial charge in [-0.05, 0) is 53.7 Å². The molecule has 0 unspecified atom stereocenters. The second-order valence-corrected chi connectivity index (χ2v) is 7.78. The Morgan fingerprint density at radius 2 is 1.81 bits per heavy atom. The van der Waals surface area contributed by atoms with E-state index in [0.29, 0.717) is 10.6 Å². The van der Waals surface area contributed by atoms with Gasteiger partial charge in [-0.2, -0.15) is 0 Å². The highest BCUT2D eigenvalue weighted by atomic mass is 32.1. The number of carbonyl (C=O) groups excluding carboxylic acids is 2. The molecule has 1 heterocycles. The number of carbonyl (C=O) groups is 2. The average molecular weight is 376 g/mol. The van der Waals surface area contributed by atoms with Gasteiger partial charge in [0, 0.05) is 11.0 Å². The van der Waals surface area contributed by atoms with Crippen LogP contribution in [0.1, 0.15) is 39.2 Å². The lowest BCUT2D eigenvalue weighted by Gasteiger charge is -2.11. The fourth-order valence-electron chi connectivity index (χ4n) is 3.63. The van der Waals surface area contributed by atoms with Gasteiger partial charge in [-0.15, -0.1) is 11.3 Å². The van der Waals surface area contributed by atoms with Crippen molar-refractivity contribution in [3.8, 4) is 0 Å². The number of nitrogens with one attached hydrogen (secondary N) is 1. The zero-order valence-electron chi connectivity index (χ0n) is 14.8. The number of nitrogens with two attached hydrogens (primary N) is 1. The summed E-state index contributed by atoms with van der Waals surface area (Å²) in [6, 6.07) is 14.0. The van der Waals surface area contributed by atoms with Crippen molar-refractivity contribution < 1.29 is 9.59 Å². The van der Waals surface area contributed by atoms with Crippen molar-refractivity contribution in [3.63, 3.8) is 0 Å². The summed E-state index contributed by atoms with van der Waals surface area (Å²) < 4.78 is 0. The molecular formula is C22H20N2O2S. The molecule has 27 heavy (non-hydrogen) atoms. The van der Waals surface area contributed by atoms with Crippen molar-refractivity contribution in [2.24, 2.45) is 5.73 Å². The smallest absolute Gasteiger partial charge is 0.251 e.